The van der Waals surface area contributed by atoms with E-state index in [1.807, 2.05) is 31.2 Å². The Kier molecular flexibility index (Phi) is 6.03. The standard InChI is InChI=1S/C20H22N2O5/c1-3-25-13-20(24)27-12-19(23)22-17(18-5-4-10-26-18)11-16(21-22)15-8-6-14(2)7-9-15/h4-10,17H,3,11-13H2,1-2H3. The summed E-state index contributed by atoms with van der Waals surface area (Å²) in [6.45, 7) is 3.62. The molecule has 7 nitrogen and oxygen atoms in total. The number of furan rings is 1. The number of carbonyl (C=O) groups is 2. The summed E-state index contributed by atoms with van der Waals surface area (Å²) in [7, 11) is 0. The number of hydrogen-bond acceptors (Lipinski definition) is 6. The minimum absolute atomic E-state index is 0.177. The number of carbonyl (C=O) groups excluding carboxylic acids is 2. The molecule has 1 amide bonds. The summed E-state index contributed by atoms with van der Waals surface area (Å²) in [4.78, 5) is 24.2. The number of amides is 1. The smallest absolute Gasteiger partial charge is 0.332 e. The van der Waals surface area contributed by atoms with Crippen LogP contribution in [0, 0.1) is 6.92 Å². The maximum atomic E-state index is 12.6. The van der Waals surface area contributed by atoms with Gasteiger partial charge >= 0.3 is 5.97 Å². The van der Waals surface area contributed by atoms with Gasteiger partial charge in [-0.15, -0.1) is 0 Å². The van der Waals surface area contributed by atoms with E-state index in [-0.39, 0.29) is 12.6 Å². The summed E-state index contributed by atoms with van der Waals surface area (Å²) < 4.78 is 15.4. The van der Waals surface area contributed by atoms with Crippen molar-refractivity contribution in [2.24, 2.45) is 5.10 Å². The SMILES string of the molecule is CCOCC(=O)OCC(=O)N1N=C(c2ccc(C)cc2)CC1c1ccco1. The van der Waals surface area contributed by atoms with Crippen molar-refractivity contribution in [3.63, 3.8) is 0 Å². The molecule has 7 heteroatoms. The van der Waals surface area contributed by atoms with Crippen LogP contribution in [0.4, 0.5) is 0 Å². The number of esters is 1. The zero-order chi connectivity index (χ0) is 19.2. The molecule has 0 N–H and O–H groups in total. The van der Waals surface area contributed by atoms with Gasteiger partial charge in [0.2, 0.25) is 0 Å². The van der Waals surface area contributed by atoms with E-state index >= 15 is 0 Å². The fourth-order valence-electron chi connectivity index (χ4n) is 2.80. The molecule has 2 aromatic rings. The van der Waals surface area contributed by atoms with Crippen molar-refractivity contribution in [3.05, 3.63) is 59.5 Å². The largest absolute Gasteiger partial charge is 0.467 e. The Morgan fingerprint density at radius 3 is 2.67 bits per heavy atom. The van der Waals surface area contributed by atoms with Crippen LogP contribution in [0.3, 0.4) is 0 Å². The van der Waals surface area contributed by atoms with E-state index in [9.17, 15) is 9.59 Å². The van der Waals surface area contributed by atoms with Crippen molar-refractivity contribution in [1.82, 2.24) is 5.01 Å². The molecule has 2 heterocycles. The molecular formula is C20H22N2O5. The lowest BCUT2D eigenvalue weighted by atomic mass is 10.0. The van der Waals surface area contributed by atoms with E-state index in [0.29, 0.717) is 18.8 Å². The van der Waals surface area contributed by atoms with Crippen LogP contribution >= 0.6 is 0 Å². The van der Waals surface area contributed by atoms with Gasteiger partial charge in [0.15, 0.2) is 6.61 Å². The number of hydrazone groups is 1. The van der Waals surface area contributed by atoms with Gasteiger partial charge in [-0.3, -0.25) is 4.79 Å². The monoisotopic (exact) mass is 370 g/mol. The van der Waals surface area contributed by atoms with Crippen LogP contribution in [0.5, 0.6) is 0 Å². The molecule has 0 fully saturated rings. The minimum atomic E-state index is -0.582. The molecule has 0 saturated heterocycles. The Morgan fingerprint density at radius 1 is 1.22 bits per heavy atom. The first-order valence-corrected chi connectivity index (χ1v) is 8.82. The molecule has 0 aliphatic carbocycles. The van der Waals surface area contributed by atoms with E-state index in [2.05, 4.69) is 5.10 Å². The lowest BCUT2D eigenvalue weighted by Crippen LogP contribution is -2.31. The van der Waals surface area contributed by atoms with Gasteiger partial charge in [-0.2, -0.15) is 5.10 Å². The first-order valence-electron chi connectivity index (χ1n) is 8.82. The molecule has 0 spiro atoms. The van der Waals surface area contributed by atoms with E-state index in [1.165, 1.54) is 5.01 Å². The second kappa shape index (κ2) is 8.64. The summed E-state index contributed by atoms with van der Waals surface area (Å²) in [5.41, 5.74) is 2.88. The first-order chi connectivity index (χ1) is 13.1. The zero-order valence-corrected chi connectivity index (χ0v) is 15.4. The van der Waals surface area contributed by atoms with Gasteiger partial charge in [-0.05, 0) is 31.5 Å². The van der Waals surface area contributed by atoms with Crippen molar-refractivity contribution in [3.8, 4) is 0 Å². The van der Waals surface area contributed by atoms with Crippen molar-refractivity contribution in [2.45, 2.75) is 26.3 Å². The number of benzene rings is 1. The van der Waals surface area contributed by atoms with Crippen molar-refractivity contribution >= 4 is 17.6 Å². The predicted molar refractivity (Wildman–Crippen MR) is 98.1 cm³/mol. The van der Waals surface area contributed by atoms with E-state index < -0.39 is 18.5 Å². The molecule has 27 heavy (non-hydrogen) atoms. The summed E-state index contributed by atoms with van der Waals surface area (Å²) in [5, 5.41) is 5.82. The van der Waals surface area contributed by atoms with Crippen LogP contribution in [0.15, 0.2) is 52.2 Å². The molecule has 1 aliphatic rings. The van der Waals surface area contributed by atoms with Crippen molar-refractivity contribution in [2.75, 3.05) is 19.8 Å². The maximum absolute atomic E-state index is 12.6. The second-order valence-electron chi connectivity index (χ2n) is 6.18. The first kappa shape index (κ1) is 18.8. The Labute approximate surface area is 157 Å². The highest BCUT2D eigenvalue weighted by atomic mass is 16.6. The molecular weight excluding hydrogens is 348 g/mol. The lowest BCUT2D eigenvalue weighted by molar-refractivity contribution is -0.156. The van der Waals surface area contributed by atoms with E-state index in [4.69, 9.17) is 13.9 Å². The maximum Gasteiger partial charge on any atom is 0.332 e. The van der Waals surface area contributed by atoms with Crippen molar-refractivity contribution < 1.29 is 23.5 Å². The molecule has 1 aliphatic heterocycles. The topological polar surface area (TPSA) is 81.3 Å². The molecule has 0 bridgehead atoms. The highest BCUT2D eigenvalue weighted by Crippen LogP contribution is 2.33. The summed E-state index contributed by atoms with van der Waals surface area (Å²) in [5.74, 6) is -0.361. The van der Waals surface area contributed by atoms with E-state index in [0.717, 1.165) is 16.8 Å². The predicted octanol–water partition coefficient (Wildman–Crippen LogP) is 2.85. The van der Waals surface area contributed by atoms with Gasteiger partial charge in [-0.25, -0.2) is 9.80 Å². The highest BCUT2D eigenvalue weighted by Gasteiger charge is 2.35. The molecule has 0 radical (unpaired) electrons. The number of aryl methyl sites for hydroxylation is 1. The molecule has 1 unspecified atom stereocenters. The molecule has 1 aromatic carbocycles. The Hall–Kier alpha value is -2.93. The average molecular weight is 370 g/mol. The van der Waals surface area contributed by atoms with Gasteiger partial charge in [0.05, 0.1) is 12.0 Å². The van der Waals surface area contributed by atoms with Crippen LogP contribution in [-0.4, -0.2) is 42.4 Å². The summed E-state index contributed by atoms with van der Waals surface area (Å²) in [6.07, 6.45) is 2.08. The van der Waals surface area contributed by atoms with E-state index in [1.54, 1.807) is 25.3 Å². The third-order valence-electron chi connectivity index (χ3n) is 4.20. The highest BCUT2D eigenvalue weighted by molar-refractivity contribution is 6.03. The van der Waals surface area contributed by atoms with Crippen molar-refractivity contribution in [1.29, 1.82) is 0 Å². The van der Waals surface area contributed by atoms with Gasteiger partial charge in [0.1, 0.15) is 18.4 Å². The zero-order valence-electron chi connectivity index (χ0n) is 15.4. The Bertz CT molecular complexity index is 811. The van der Waals surface area contributed by atoms with Gasteiger partial charge in [0.25, 0.3) is 5.91 Å². The number of hydrogen-bond donors (Lipinski definition) is 0. The van der Waals surface area contributed by atoms with Gasteiger partial charge in [-0.1, -0.05) is 29.8 Å². The molecule has 1 aromatic heterocycles. The summed E-state index contributed by atoms with van der Waals surface area (Å²) >= 11 is 0. The normalized spacial score (nSPS) is 16.3. The minimum Gasteiger partial charge on any atom is -0.467 e. The number of ether oxygens (including phenoxy) is 2. The fraction of sp³-hybridized carbons (Fsp3) is 0.350. The molecule has 0 saturated carbocycles. The van der Waals surface area contributed by atoms with Crippen LogP contribution < -0.4 is 0 Å². The Morgan fingerprint density at radius 2 is 2.00 bits per heavy atom. The van der Waals surface area contributed by atoms with Crippen LogP contribution in [-0.2, 0) is 19.1 Å². The quantitative estimate of drug-likeness (QED) is 0.700. The van der Waals surface area contributed by atoms with Crippen LogP contribution in [0.2, 0.25) is 0 Å². The van der Waals surface area contributed by atoms with Gasteiger partial charge in [0, 0.05) is 13.0 Å². The third-order valence-corrected chi connectivity index (χ3v) is 4.20. The van der Waals surface area contributed by atoms with Gasteiger partial charge < -0.3 is 13.9 Å². The second-order valence-corrected chi connectivity index (χ2v) is 6.18. The van der Waals surface area contributed by atoms with Crippen LogP contribution in [0.25, 0.3) is 0 Å². The lowest BCUT2D eigenvalue weighted by Gasteiger charge is -2.19. The molecule has 1 atom stereocenters. The Balaban J connectivity index is 1.74. The fourth-order valence-corrected chi connectivity index (χ4v) is 2.80. The molecule has 3 rings (SSSR count). The third kappa shape index (κ3) is 4.62. The summed E-state index contributed by atoms with van der Waals surface area (Å²) in [6, 6.07) is 11.2. The number of nitrogens with zero attached hydrogens (tertiary/aromatic N) is 2. The number of rotatable bonds is 7. The average Bonchev–Trinajstić information content (AvgIpc) is 3.34. The van der Waals surface area contributed by atoms with Crippen LogP contribution in [0.1, 0.15) is 36.3 Å². The molecule has 142 valence electrons.